The van der Waals surface area contributed by atoms with E-state index in [-0.39, 0.29) is 43.8 Å². The van der Waals surface area contributed by atoms with E-state index in [1.165, 1.54) is 16.8 Å². The summed E-state index contributed by atoms with van der Waals surface area (Å²) in [6.45, 7) is 1.23. The van der Waals surface area contributed by atoms with E-state index in [9.17, 15) is 19.2 Å². The first-order valence-corrected chi connectivity index (χ1v) is 9.05. The molecule has 9 nitrogen and oxygen atoms in total. The average Bonchev–Trinajstić information content (AvgIpc) is 2.68. The molecule has 28 heavy (non-hydrogen) atoms. The van der Waals surface area contributed by atoms with Crippen LogP contribution < -0.4 is 16.6 Å². The number of benzene rings is 1. The Morgan fingerprint density at radius 3 is 2.71 bits per heavy atom. The molecule has 0 aliphatic carbocycles. The molecule has 0 spiro atoms. The highest BCUT2D eigenvalue weighted by Gasteiger charge is 2.29. The number of nitrogens with one attached hydrogen (secondary N) is 2. The van der Waals surface area contributed by atoms with Crippen LogP contribution in [0.15, 0.2) is 52.2 Å². The Morgan fingerprint density at radius 2 is 1.96 bits per heavy atom. The average molecular weight is 386 g/mol. The summed E-state index contributed by atoms with van der Waals surface area (Å²) < 4.78 is 6.71. The number of carbonyl (C=O) groups is 2. The number of H-pyrrole nitrogens is 1. The summed E-state index contributed by atoms with van der Waals surface area (Å²) in [6, 6.07) is 9.97. The molecule has 0 radical (unpaired) electrons. The van der Waals surface area contributed by atoms with Crippen LogP contribution >= 0.6 is 0 Å². The van der Waals surface area contributed by atoms with Gasteiger partial charge in [-0.1, -0.05) is 18.2 Å². The summed E-state index contributed by atoms with van der Waals surface area (Å²) in [5.74, 6) is -0.365. The molecule has 1 fully saturated rings. The lowest BCUT2D eigenvalue weighted by molar-refractivity contribution is -0.141. The van der Waals surface area contributed by atoms with Crippen LogP contribution in [0, 0.1) is 0 Å². The van der Waals surface area contributed by atoms with Gasteiger partial charge in [0.05, 0.1) is 19.3 Å². The summed E-state index contributed by atoms with van der Waals surface area (Å²) in [5.41, 5.74) is -0.342. The minimum absolute atomic E-state index is 0.0861. The largest absolute Gasteiger partial charge is 0.377 e. The Bertz CT molecular complexity index is 937. The molecule has 0 bridgehead atoms. The van der Waals surface area contributed by atoms with Gasteiger partial charge in [0.15, 0.2) is 0 Å². The normalized spacial score (nSPS) is 16.6. The van der Waals surface area contributed by atoms with Crippen LogP contribution in [-0.4, -0.2) is 52.1 Å². The fourth-order valence-corrected chi connectivity index (χ4v) is 3.08. The van der Waals surface area contributed by atoms with Gasteiger partial charge >= 0.3 is 5.69 Å². The second-order valence-corrected chi connectivity index (χ2v) is 6.49. The van der Waals surface area contributed by atoms with Crippen LogP contribution in [0.4, 0.5) is 5.69 Å². The number of aromatic amines is 1. The van der Waals surface area contributed by atoms with Gasteiger partial charge in [-0.3, -0.25) is 19.4 Å². The molecule has 9 heteroatoms. The Kier molecular flexibility index (Phi) is 6.38. The molecule has 148 valence electrons. The lowest BCUT2D eigenvalue weighted by Crippen LogP contribution is -2.50. The first kappa shape index (κ1) is 19.6. The maximum atomic E-state index is 12.7. The van der Waals surface area contributed by atoms with Gasteiger partial charge in [0.25, 0.3) is 5.56 Å². The van der Waals surface area contributed by atoms with Gasteiger partial charge < -0.3 is 19.5 Å². The number of aryl methyl sites for hydroxylation is 1. The van der Waals surface area contributed by atoms with Crippen molar-refractivity contribution < 1.29 is 14.3 Å². The molecule has 1 aliphatic rings. The number of hydrogen-bond donors (Lipinski definition) is 2. The molecule has 1 aromatic heterocycles. The minimum atomic E-state index is -0.555. The number of para-hydroxylation sites is 1. The molecule has 1 atom stereocenters. The van der Waals surface area contributed by atoms with Crippen LogP contribution in [0.2, 0.25) is 0 Å². The van der Waals surface area contributed by atoms with Crippen molar-refractivity contribution in [3.05, 3.63) is 63.4 Å². The summed E-state index contributed by atoms with van der Waals surface area (Å²) in [7, 11) is 0. The smallest absolute Gasteiger partial charge is 0.328 e. The maximum absolute atomic E-state index is 12.7. The van der Waals surface area contributed by atoms with Crippen molar-refractivity contribution >= 4 is 17.5 Å². The number of carbonyl (C=O) groups excluding carboxylic acids is 2. The molecule has 1 saturated heterocycles. The van der Waals surface area contributed by atoms with Gasteiger partial charge in [0.2, 0.25) is 11.8 Å². The van der Waals surface area contributed by atoms with Crippen molar-refractivity contribution in [2.24, 2.45) is 0 Å². The summed E-state index contributed by atoms with van der Waals surface area (Å²) in [6.07, 6.45) is 1.57. The number of hydrogen-bond acceptors (Lipinski definition) is 5. The Morgan fingerprint density at radius 1 is 1.18 bits per heavy atom. The van der Waals surface area contributed by atoms with E-state index >= 15 is 0 Å². The topological polar surface area (TPSA) is 114 Å². The summed E-state index contributed by atoms with van der Waals surface area (Å²) in [4.78, 5) is 51.6. The summed E-state index contributed by atoms with van der Waals surface area (Å²) in [5, 5.41) is 2.81. The number of aromatic nitrogens is 2. The highest BCUT2D eigenvalue weighted by molar-refractivity contribution is 5.91. The molecule has 1 aromatic carbocycles. The van der Waals surface area contributed by atoms with E-state index in [0.717, 1.165) is 0 Å². The third-order valence-electron chi connectivity index (χ3n) is 4.49. The molecule has 3 rings (SSSR count). The minimum Gasteiger partial charge on any atom is -0.377 e. The molecular weight excluding hydrogens is 364 g/mol. The van der Waals surface area contributed by atoms with E-state index in [4.69, 9.17) is 4.74 Å². The Labute approximate surface area is 160 Å². The van der Waals surface area contributed by atoms with Crippen molar-refractivity contribution in [1.29, 1.82) is 0 Å². The second-order valence-electron chi connectivity index (χ2n) is 6.49. The van der Waals surface area contributed by atoms with Gasteiger partial charge in [-0.15, -0.1) is 0 Å². The van der Waals surface area contributed by atoms with Crippen molar-refractivity contribution in [3.63, 3.8) is 0 Å². The third-order valence-corrected chi connectivity index (χ3v) is 4.49. The predicted octanol–water partition coefficient (Wildman–Crippen LogP) is 0.183. The van der Waals surface area contributed by atoms with Gasteiger partial charge in [-0.25, -0.2) is 4.79 Å². The van der Waals surface area contributed by atoms with Crippen molar-refractivity contribution in [3.8, 4) is 0 Å². The van der Waals surface area contributed by atoms with Crippen LogP contribution in [0.25, 0.3) is 0 Å². The molecular formula is C19H22N4O5. The fourth-order valence-electron chi connectivity index (χ4n) is 3.08. The Balaban J connectivity index is 1.58. The van der Waals surface area contributed by atoms with E-state index < -0.39 is 11.2 Å². The predicted molar refractivity (Wildman–Crippen MR) is 102 cm³/mol. The molecule has 2 aromatic rings. The highest BCUT2D eigenvalue weighted by Crippen LogP contribution is 2.14. The number of anilines is 1. The van der Waals surface area contributed by atoms with Crippen molar-refractivity contribution in [2.75, 3.05) is 25.1 Å². The van der Waals surface area contributed by atoms with Crippen molar-refractivity contribution in [2.45, 2.75) is 25.4 Å². The fraction of sp³-hybridized carbons (Fsp3) is 0.368. The number of morpholine rings is 1. The Hall–Kier alpha value is -3.20. The second kappa shape index (κ2) is 9.14. The van der Waals surface area contributed by atoms with Crippen LogP contribution in [0.5, 0.6) is 0 Å². The third kappa shape index (κ3) is 5.17. The number of nitrogens with zero attached hydrogens (tertiary/aromatic N) is 2. The van der Waals surface area contributed by atoms with E-state index in [1.54, 1.807) is 17.0 Å². The zero-order chi connectivity index (χ0) is 19.9. The van der Waals surface area contributed by atoms with E-state index in [0.29, 0.717) is 18.8 Å². The molecule has 0 unspecified atom stereocenters. The maximum Gasteiger partial charge on any atom is 0.328 e. The SMILES string of the molecule is O=C(C[C@H]1COCCN1C(=O)CCn1ccc(=O)[nH]c1=O)Nc1ccccc1. The lowest BCUT2D eigenvalue weighted by Gasteiger charge is -2.35. The van der Waals surface area contributed by atoms with Gasteiger partial charge in [-0.2, -0.15) is 0 Å². The monoisotopic (exact) mass is 386 g/mol. The molecule has 2 heterocycles. The zero-order valence-corrected chi connectivity index (χ0v) is 15.3. The number of rotatable bonds is 6. The highest BCUT2D eigenvalue weighted by atomic mass is 16.5. The first-order valence-electron chi connectivity index (χ1n) is 9.05. The van der Waals surface area contributed by atoms with E-state index in [1.807, 2.05) is 18.2 Å². The van der Waals surface area contributed by atoms with Crippen LogP contribution in [0.1, 0.15) is 12.8 Å². The van der Waals surface area contributed by atoms with Gasteiger partial charge in [-0.05, 0) is 12.1 Å². The number of ether oxygens (including phenoxy) is 1. The van der Waals surface area contributed by atoms with Crippen molar-refractivity contribution in [1.82, 2.24) is 14.5 Å². The standard InChI is InChI=1S/C19H22N4O5/c24-16-6-8-22(19(27)21-16)9-7-18(26)23-10-11-28-13-15(23)12-17(25)20-14-4-2-1-3-5-14/h1-6,8,15H,7,9-13H2,(H,20,25)(H,21,24,27)/t15-/m0/s1. The first-order chi connectivity index (χ1) is 13.5. The summed E-state index contributed by atoms with van der Waals surface area (Å²) >= 11 is 0. The van der Waals surface area contributed by atoms with Gasteiger partial charge in [0.1, 0.15) is 0 Å². The molecule has 2 N–H and O–H groups in total. The molecule has 2 amide bonds. The zero-order valence-electron chi connectivity index (χ0n) is 15.3. The van der Waals surface area contributed by atoms with Crippen LogP contribution in [0.3, 0.4) is 0 Å². The quantitative estimate of drug-likeness (QED) is 0.735. The van der Waals surface area contributed by atoms with E-state index in [2.05, 4.69) is 10.3 Å². The van der Waals surface area contributed by atoms with Gasteiger partial charge in [0, 0.05) is 43.9 Å². The van der Waals surface area contributed by atoms with Crippen LogP contribution in [-0.2, 0) is 20.9 Å². The molecule has 0 saturated carbocycles. The lowest BCUT2D eigenvalue weighted by atomic mass is 10.1. The molecule has 1 aliphatic heterocycles. The number of amides is 2.